The van der Waals surface area contributed by atoms with E-state index in [-0.39, 0.29) is 11.2 Å². The van der Waals surface area contributed by atoms with Gasteiger partial charge in [-0.2, -0.15) is 0 Å². The number of hydrogen-bond acceptors (Lipinski definition) is 4. The molecule has 3 rings (SSSR count). The summed E-state index contributed by atoms with van der Waals surface area (Å²) in [7, 11) is 0. The van der Waals surface area contributed by atoms with Crippen molar-refractivity contribution in [2.24, 2.45) is 0 Å². The summed E-state index contributed by atoms with van der Waals surface area (Å²) in [5, 5.41) is 10.1. The maximum atomic E-state index is 12.8. The Balaban J connectivity index is 1.94. The monoisotopic (exact) mass is 447 g/mol. The van der Waals surface area contributed by atoms with Crippen LogP contribution in [0.1, 0.15) is 72.1 Å². The Morgan fingerprint density at radius 1 is 1.00 bits per heavy atom. The second kappa shape index (κ2) is 11.0. The third-order valence-electron chi connectivity index (χ3n) is 6.05. The lowest BCUT2D eigenvalue weighted by Gasteiger charge is -2.25. The minimum atomic E-state index is -0.948. The quantitative estimate of drug-likeness (QED) is 0.351. The fourth-order valence-electron chi connectivity index (χ4n) is 4.03. The van der Waals surface area contributed by atoms with Crippen molar-refractivity contribution in [1.82, 2.24) is 0 Å². The minimum Gasteiger partial charge on any atom is -0.478 e. The number of hydrogen-bond donors (Lipinski definition) is 1. The van der Waals surface area contributed by atoms with Gasteiger partial charge in [0.2, 0.25) is 0 Å². The van der Waals surface area contributed by atoms with Crippen molar-refractivity contribution in [1.29, 1.82) is 0 Å². The van der Waals surface area contributed by atoms with Gasteiger partial charge >= 0.3 is 11.6 Å². The number of carbonyl (C=O) groups is 1. The first-order valence-corrected chi connectivity index (χ1v) is 11.7. The van der Waals surface area contributed by atoms with Crippen LogP contribution in [-0.4, -0.2) is 24.2 Å². The van der Waals surface area contributed by atoms with E-state index in [9.17, 15) is 14.7 Å². The highest BCUT2D eigenvalue weighted by atomic mass is 16.4. The first-order chi connectivity index (χ1) is 15.8. The lowest BCUT2D eigenvalue weighted by atomic mass is 10.0. The molecule has 1 N–H and O–H groups in total. The van der Waals surface area contributed by atoms with Crippen molar-refractivity contribution in [2.75, 3.05) is 18.0 Å². The Bertz CT molecular complexity index is 1210. The Morgan fingerprint density at radius 3 is 2.30 bits per heavy atom. The van der Waals surface area contributed by atoms with Crippen molar-refractivity contribution in [2.45, 2.75) is 53.4 Å². The maximum Gasteiger partial charge on any atom is 0.343 e. The first-order valence-electron chi connectivity index (χ1n) is 11.7. The molecule has 0 saturated carbocycles. The summed E-state index contributed by atoms with van der Waals surface area (Å²) < 4.78 is 5.72. The molecule has 0 fully saturated rings. The second-order valence-corrected chi connectivity index (χ2v) is 8.52. The molecule has 0 radical (unpaired) electrons. The summed E-state index contributed by atoms with van der Waals surface area (Å²) in [6.07, 6.45) is 8.09. The normalized spacial score (nSPS) is 11.4. The Hall–Kier alpha value is -3.34. The molecule has 2 aromatic carbocycles. The summed E-state index contributed by atoms with van der Waals surface area (Å²) in [6, 6.07) is 11.2. The average molecular weight is 448 g/mol. The molecule has 0 aliphatic heterocycles. The molecule has 0 saturated heterocycles. The van der Waals surface area contributed by atoms with Gasteiger partial charge in [0.1, 0.15) is 5.58 Å². The van der Waals surface area contributed by atoms with Crippen LogP contribution in [-0.2, 0) is 0 Å². The molecular formula is C28H33NO4. The van der Waals surface area contributed by atoms with Gasteiger partial charge in [-0.05, 0) is 67.7 Å². The van der Waals surface area contributed by atoms with Crippen LogP contribution in [0.2, 0.25) is 0 Å². The number of rotatable bonds is 10. The van der Waals surface area contributed by atoms with Gasteiger partial charge in [-0.3, -0.25) is 0 Å². The second-order valence-electron chi connectivity index (χ2n) is 8.52. The van der Waals surface area contributed by atoms with Crippen LogP contribution in [0.15, 0.2) is 45.6 Å². The Morgan fingerprint density at radius 2 is 1.70 bits per heavy atom. The molecule has 0 amide bonds. The standard InChI is InChI=1S/C28H33NO4/c1-5-7-15-29(16-8-6-2)22-11-14-24-20(4)25(28(32)33-26(24)18-22)13-10-21-9-12-23(27(30)31)19(3)17-21/h9-14,17-18H,5-8,15-16H2,1-4H3,(H,30,31)/b13-10+. The van der Waals surface area contributed by atoms with E-state index < -0.39 is 5.97 Å². The fraction of sp³-hybridized carbons (Fsp3) is 0.357. The molecule has 0 aliphatic carbocycles. The highest BCUT2D eigenvalue weighted by Gasteiger charge is 2.13. The molecule has 0 aliphatic rings. The molecular weight excluding hydrogens is 414 g/mol. The molecule has 5 heteroatoms. The topological polar surface area (TPSA) is 70.8 Å². The van der Waals surface area contributed by atoms with E-state index in [1.54, 1.807) is 31.2 Å². The van der Waals surface area contributed by atoms with E-state index in [1.165, 1.54) is 0 Å². The third kappa shape index (κ3) is 5.72. The van der Waals surface area contributed by atoms with Crippen LogP contribution >= 0.6 is 0 Å². The van der Waals surface area contributed by atoms with E-state index in [0.717, 1.165) is 61.0 Å². The number of nitrogens with zero attached hydrogens (tertiary/aromatic N) is 1. The highest BCUT2D eigenvalue weighted by molar-refractivity contribution is 5.90. The highest BCUT2D eigenvalue weighted by Crippen LogP contribution is 2.26. The molecule has 5 nitrogen and oxygen atoms in total. The smallest absolute Gasteiger partial charge is 0.343 e. The number of carboxylic acids is 1. The summed E-state index contributed by atoms with van der Waals surface area (Å²) in [6.45, 7) is 10.1. The molecule has 3 aromatic rings. The van der Waals surface area contributed by atoms with Crippen LogP contribution < -0.4 is 10.5 Å². The number of aryl methyl sites for hydroxylation is 2. The van der Waals surface area contributed by atoms with Gasteiger partial charge < -0.3 is 14.4 Å². The Labute approximate surface area is 195 Å². The van der Waals surface area contributed by atoms with Crippen molar-refractivity contribution in [3.8, 4) is 0 Å². The predicted octanol–water partition coefficient (Wildman–Crippen LogP) is 6.69. The van der Waals surface area contributed by atoms with Gasteiger partial charge in [0.25, 0.3) is 0 Å². The van der Waals surface area contributed by atoms with Gasteiger partial charge in [0, 0.05) is 30.2 Å². The van der Waals surface area contributed by atoms with E-state index in [2.05, 4.69) is 24.8 Å². The van der Waals surface area contributed by atoms with Crippen molar-refractivity contribution in [3.05, 3.63) is 74.6 Å². The summed E-state index contributed by atoms with van der Waals surface area (Å²) in [5.74, 6) is -0.948. The molecule has 174 valence electrons. The zero-order valence-electron chi connectivity index (χ0n) is 20.0. The van der Waals surface area contributed by atoms with Gasteiger partial charge in [0.05, 0.1) is 11.1 Å². The molecule has 0 bridgehead atoms. The summed E-state index contributed by atoms with van der Waals surface area (Å²) >= 11 is 0. The van der Waals surface area contributed by atoms with Crippen molar-refractivity contribution in [3.63, 3.8) is 0 Å². The lowest BCUT2D eigenvalue weighted by Crippen LogP contribution is -2.25. The van der Waals surface area contributed by atoms with Crippen LogP contribution in [0.25, 0.3) is 23.1 Å². The van der Waals surface area contributed by atoms with Crippen LogP contribution in [0.3, 0.4) is 0 Å². The molecule has 1 heterocycles. The summed E-state index contributed by atoms with van der Waals surface area (Å²) in [5.41, 5.74) is 4.47. The Kier molecular flexibility index (Phi) is 8.10. The van der Waals surface area contributed by atoms with E-state index in [0.29, 0.717) is 16.7 Å². The molecule has 0 unspecified atom stereocenters. The van der Waals surface area contributed by atoms with Crippen LogP contribution in [0.5, 0.6) is 0 Å². The molecule has 33 heavy (non-hydrogen) atoms. The predicted molar refractivity (Wildman–Crippen MR) is 136 cm³/mol. The number of benzene rings is 2. The summed E-state index contributed by atoms with van der Waals surface area (Å²) in [4.78, 5) is 26.4. The van der Waals surface area contributed by atoms with E-state index in [1.807, 2.05) is 25.1 Å². The number of unbranched alkanes of at least 4 members (excludes halogenated alkanes) is 2. The lowest BCUT2D eigenvalue weighted by molar-refractivity contribution is 0.0696. The zero-order valence-corrected chi connectivity index (χ0v) is 20.0. The minimum absolute atomic E-state index is 0.274. The van der Waals surface area contributed by atoms with Gasteiger partial charge in [-0.15, -0.1) is 0 Å². The number of carboxylic acid groups (broad SMARTS) is 1. The van der Waals surface area contributed by atoms with E-state index >= 15 is 0 Å². The third-order valence-corrected chi connectivity index (χ3v) is 6.05. The van der Waals surface area contributed by atoms with Crippen molar-refractivity contribution < 1.29 is 14.3 Å². The fourth-order valence-corrected chi connectivity index (χ4v) is 4.03. The average Bonchev–Trinajstić information content (AvgIpc) is 2.78. The van der Waals surface area contributed by atoms with Gasteiger partial charge in [-0.25, -0.2) is 9.59 Å². The maximum absolute atomic E-state index is 12.8. The zero-order chi connectivity index (χ0) is 24.0. The number of aromatic carboxylic acids is 1. The largest absolute Gasteiger partial charge is 0.478 e. The van der Waals surface area contributed by atoms with Crippen LogP contribution in [0.4, 0.5) is 5.69 Å². The van der Waals surface area contributed by atoms with Crippen molar-refractivity contribution >= 4 is 34.8 Å². The van der Waals surface area contributed by atoms with Gasteiger partial charge in [0.15, 0.2) is 0 Å². The molecule has 1 aromatic heterocycles. The van der Waals surface area contributed by atoms with Gasteiger partial charge in [-0.1, -0.05) is 44.9 Å². The molecule has 0 atom stereocenters. The molecule has 0 spiro atoms. The number of fused-ring (bicyclic) bond motifs is 1. The van der Waals surface area contributed by atoms with E-state index in [4.69, 9.17) is 4.42 Å². The first kappa shape index (κ1) is 24.3. The SMILES string of the molecule is CCCCN(CCCC)c1ccc2c(C)c(/C=C/c3ccc(C(=O)O)c(C)c3)c(=O)oc2c1. The number of anilines is 1. The van der Waals surface area contributed by atoms with Crippen LogP contribution in [0, 0.1) is 13.8 Å².